The molecule has 23 heavy (non-hydrogen) atoms. The predicted octanol–water partition coefficient (Wildman–Crippen LogP) is 5.14. The predicted molar refractivity (Wildman–Crippen MR) is 91.1 cm³/mol. The van der Waals surface area contributed by atoms with Crippen molar-refractivity contribution in [1.82, 2.24) is 9.78 Å². The zero-order valence-corrected chi connectivity index (χ0v) is 13.8. The van der Waals surface area contributed by atoms with Crippen LogP contribution in [0.15, 0.2) is 53.7 Å². The van der Waals surface area contributed by atoms with Crippen molar-refractivity contribution in [3.63, 3.8) is 0 Å². The van der Waals surface area contributed by atoms with Crippen LogP contribution < -0.4 is 4.72 Å². The molecule has 0 unspecified atom stereocenters. The number of anilines is 1. The lowest BCUT2D eigenvalue weighted by Gasteiger charge is -2.13. The fourth-order valence-electron chi connectivity index (χ4n) is 1.94. The normalized spacial score (nSPS) is 10.7. The van der Waals surface area contributed by atoms with E-state index in [1.54, 1.807) is 30.6 Å². The fraction of sp³-hybridized carbons (Fsp3) is 0. The second-order valence-electron chi connectivity index (χ2n) is 4.52. The van der Waals surface area contributed by atoms with Gasteiger partial charge in [-0.2, -0.15) is 5.10 Å². The van der Waals surface area contributed by atoms with Gasteiger partial charge in [-0.25, -0.2) is 9.07 Å². The van der Waals surface area contributed by atoms with Gasteiger partial charge in [-0.15, -0.1) is 0 Å². The molecule has 3 rings (SSSR count). The number of phenolic OH excluding ortho intramolecular Hbond substituents is 1. The molecule has 0 radical (unpaired) electrons. The Labute approximate surface area is 146 Å². The highest BCUT2D eigenvalue weighted by Gasteiger charge is 2.13. The van der Waals surface area contributed by atoms with E-state index in [0.717, 1.165) is 11.9 Å². The standard InChI is InChI=1S/C15H10Cl2FN3OS/c16-9-7-10(17)15(22)13(8-9)23-20-14-11(18)3-1-4-12(14)21-6-2-5-19-21/h1-8,20,22H. The van der Waals surface area contributed by atoms with E-state index < -0.39 is 5.82 Å². The first-order valence-corrected chi connectivity index (χ1v) is 8.03. The van der Waals surface area contributed by atoms with E-state index in [1.807, 2.05) is 0 Å². The van der Waals surface area contributed by atoms with Crippen molar-refractivity contribution in [3.05, 3.63) is 64.7 Å². The maximum absolute atomic E-state index is 14.2. The van der Waals surface area contributed by atoms with Crippen LogP contribution in [0.5, 0.6) is 5.75 Å². The molecule has 0 aliphatic carbocycles. The molecule has 0 amide bonds. The molecule has 0 aliphatic rings. The fourth-order valence-corrected chi connectivity index (χ4v) is 3.36. The number of aromatic nitrogens is 2. The average Bonchev–Trinajstić information content (AvgIpc) is 3.04. The van der Waals surface area contributed by atoms with Crippen molar-refractivity contribution < 1.29 is 9.50 Å². The molecular formula is C15H10Cl2FN3OS. The molecular weight excluding hydrogens is 360 g/mol. The third-order valence-electron chi connectivity index (χ3n) is 3.00. The second kappa shape index (κ2) is 6.70. The topological polar surface area (TPSA) is 50.1 Å². The van der Waals surface area contributed by atoms with Crippen LogP contribution in [0.3, 0.4) is 0 Å². The monoisotopic (exact) mass is 369 g/mol. The summed E-state index contributed by atoms with van der Waals surface area (Å²) in [6.45, 7) is 0. The number of aromatic hydroxyl groups is 1. The number of hydrogen-bond donors (Lipinski definition) is 2. The number of nitrogens with one attached hydrogen (secondary N) is 1. The number of rotatable bonds is 4. The highest BCUT2D eigenvalue weighted by atomic mass is 35.5. The Balaban J connectivity index is 1.93. The lowest BCUT2D eigenvalue weighted by atomic mass is 10.2. The van der Waals surface area contributed by atoms with Crippen LogP contribution in [-0.4, -0.2) is 14.9 Å². The van der Waals surface area contributed by atoms with Gasteiger partial charge in [0, 0.05) is 17.4 Å². The molecule has 0 spiro atoms. The average molecular weight is 370 g/mol. The van der Waals surface area contributed by atoms with Gasteiger partial charge in [0.15, 0.2) is 0 Å². The Hall–Kier alpha value is -1.89. The van der Waals surface area contributed by atoms with E-state index in [-0.39, 0.29) is 16.5 Å². The summed E-state index contributed by atoms with van der Waals surface area (Å²) in [6, 6.07) is 9.36. The molecule has 0 bridgehead atoms. The van der Waals surface area contributed by atoms with Gasteiger partial charge in [-0.05, 0) is 42.3 Å². The molecule has 3 aromatic rings. The zero-order valence-electron chi connectivity index (χ0n) is 11.5. The third kappa shape index (κ3) is 3.39. The Kier molecular flexibility index (Phi) is 4.66. The quantitative estimate of drug-likeness (QED) is 0.624. The zero-order chi connectivity index (χ0) is 16.4. The van der Waals surface area contributed by atoms with Crippen LogP contribution in [0.2, 0.25) is 10.0 Å². The second-order valence-corrected chi connectivity index (χ2v) is 6.21. The maximum Gasteiger partial charge on any atom is 0.149 e. The summed E-state index contributed by atoms with van der Waals surface area (Å²) in [7, 11) is 0. The molecule has 0 saturated heterocycles. The van der Waals surface area contributed by atoms with Gasteiger partial charge >= 0.3 is 0 Å². The molecule has 4 nitrogen and oxygen atoms in total. The van der Waals surface area contributed by atoms with Crippen molar-refractivity contribution in [2.75, 3.05) is 4.72 Å². The van der Waals surface area contributed by atoms with Crippen LogP contribution in [0.25, 0.3) is 5.69 Å². The molecule has 0 fully saturated rings. The number of nitrogens with zero attached hydrogens (tertiary/aromatic N) is 2. The van der Waals surface area contributed by atoms with Crippen LogP contribution in [-0.2, 0) is 0 Å². The Bertz CT molecular complexity index is 843. The molecule has 2 N–H and O–H groups in total. The maximum atomic E-state index is 14.2. The van der Waals surface area contributed by atoms with Gasteiger partial charge < -0.3 is 9.83 Å². The first-order chi connectivity index (χ1) is 11.1. The molecule has 118 valence electrons. The van der Waals surface area contributed by atoms with Crippen molar-refractivity contribution in [1.29, 1.82) is 0 Å². The summed E-state index contributed by atoms with van der Waals surface area (Å²) in [6.07, 6.45) is 3.31. The van der Waals surface area contributed by atoms with Crippen molar-refractivity contribution >= 4 is 40.8 Å². The van der Waals surface area contributed by atoms with Gasteiger partial charge in [0.25, 0.3) is 0 Å². The lowest BCUT2D eigenvalue weighted by Crippen LogP contribution is -2.02. The van der Waals surface area contributed by atoms with E-state index in [2.05, 4.69) is 9.82 Å². The number of benzene rings is 2. The van der Waals surface area contributed by atoms with Crippen molar-refractivity contribution in [2.24, 2.45) is 0 Å². The van der Waals surface area contributed by atoms with Crippen molar-refractivity contribution in [2.45, 2.75) is 4.90 Å². The number of halogens is 3. The summed E-state index contributed by atoms with van der Waals surface area (Å²) in [5.74, 6) is -0.566. The van der Waals surface area contributed by atoms with Gasteiger partial charge in [0.1, 0.15) is 17.3 Å². The Morgan fingerprint density at radius 3 is 2.78 bits per heavy atom. The van der Waals surface area contributed by atoms with E-state index in [9.17, 15) is 9.50 Å². The molecule has 1 heterocycles. The SMILES string of the molecule is Oc1c(Cl)cc(Cl)cc1SNc1c(F)cccc1-n1cccn1. The first kappa shape index (κ1) is 16.0. The minimum absolute atomic E-state index is 0.120. The van der Waals surface area contributed by atoms with Gasteiger partial charge in [0.05, 0.1) is 15.6 Å². The van der Waals surface area contributed by atoms with E-state index in [1.165, 1.54) is 22.9 Å². The number of hydrogen-bond acceptors (Lipinski definition) is 4. The smallest absolute Gasteiger partial charge is 0.149 e. The summed E-state index contributed by atoms with van der Waals surface area (Å²) < 4.78 is 18.6. The minimum Gasteiger partial charge on any atom is -0.505 e. The summed E-state index contributed by atoms with van der Waals surface area (Å²) in [5.41, 5.74) is 0.770. The third-order valence-corrected chi connectivity index (χ3v) is 4.34. The molecule has 2 aromatic carbocycles. The van der Waals surface area contributed by atoms with Crippen molar-refractivity contribution in [3.8, 4) is 11.4 Å². The molecule has 0 aliphatic heterocycles. The van der Waals surface area contributed by atoms with Gasteiger partial charge in [-0.1, -0.05) is 29.3 Å². The molecule has 1 aromatic heterocycles. The van der Waals surface area contributed by atoms with Crippen LogP contribution >= 0.6 is 35.1 Å². The molecule has 8 heteroatoms. The van der Waals surface area contributed by atoms with E-state index >= 15 is 0 Å². The van der Waals surface area contributed by atoms with Gasteiger partial charge in [0.2, 0.25) is 0 Å². The highest BCUT2D eigenvalue weighted by Crippen LogP contribution is 2.38. The highest BCUT2D eigenvalue weighted by molar-refractivity contribution is 8.00. The Morgan fingerprint density at radius 2 is 2.04 bits per heavy atom. The number of para-hydroxylation sites is 1. The van der Waals surface area contributed by atoms with Crippen LogP contribution in [0, 0.1) is 5.82 Å². The summed E-state index contributed by atoms with van der Waals surface area (Å²) in [4.78, 5) is 0.386. The summed E-state index contributed by atoms with van der Waals surface area (Å²) in [5, 5.41) is 14.6. The van der Waals surface area contributed by atoms with E-state index in [0.29, 0.717) is 15.6 Å². The largest absolute Gasteiger partial charge is 0.505 e. The Morgan fingerprint density at radius 1 is 1.22 bits per heavy atom. The van der Waals surface area contributed by atoms with Gasteiger partial charge in [-0.3, -0.25) is 0 Å². The van der Waals surface area contributed by atoms with E-state index in [4.69, 9.17) is 23.2 Å². The van der Waals surface area contributed by atoms with Crippen LogP contribution in [0.1, 0.15) is 0 Å². The first-order valence-electron chi connectivity index (χ1n) is 6.45. The molecule has 0 saturated carbocycles. The summed E-state index contributed by atoms with van der Waals surface area (Å²) >= 11 is 12.8. The minimum atomic E-state index is -0.446. The number of phenols is 1. The molecule has 0 atom stereocenters. The van der Waals surface area contributed by atoms with Crippen LogP contribution in [0.4, 0.5) is 10.1 Å². The lowest BCUT2D eigenvalue weighted by molar-refractivity contribution is 0.463.